The number of ether oxygens (including phenoxy) is 2. The second kappa shape index (κ2) is 10.2. The van der Waals surface area contributed by atoms with Gasteiger partial charge in [-0.3, -0.25) is 9.59 Å². The lowest BCUT2D eigenvalue weighted by molar-refractivity contribution is 0.0729. The van der Waals surface area contributed by atoms with Crippen molar-refractivity contribution in [3.63, 3.8) is 0 Å². The van der Waals surface area contributed by atoms with Crippen LogP contribution >= 0.6 is 0 Å². The fraction of sp³-hybridized carbons (Fsp3) is 0.310. The summed E-state index contributed by atoms with van der Waals surface area (Å²) in [4.78, 5) is 27.6. The van der Waals surface area contributed by atoms with Gasteiger partial charge in [-0.1, -0.05) is 42.5 Å². The van der Waals surface area contributed by atoms with Gasteiger partial charge in [0.15, 0.2) is 11.5 Å². The second-order valence-electron chi connectivity index (χ2n) is 9.25. The van der Waals surface area contributed by atoms with E-state index in [4.69, 9.17) is 9.47 Å². The molecule has 0 aliphatic heterocycles. The Morgan fingerprint density at radius 2 is 1.57 bits per heavy atom. The van der Waals surface area contributed by atoms with Gasteiger partial charge in [0.05, 0.1) is 7.11 Å². The maximum Gasteiger partial charge on any atom is 0.254 e. The molecule has 0 heterocycles. The minimum absolute atomic E-state index is 0.0315. The lowest BCUT2D eigenvalue weighted by Crippen LogP contribution is -2.32. The van der Waals surface area contributed by atoms with Crippen LogP contribution in [0.2, 0.25) is 0 Å². The van der Waals surface area contributed by atoms with Crippen LogP contribution in [0.4, 0.5) is 0 Å². The number of carbonyl (C=O) groups is 2. The first-order chi connectivity index (χ1) is 17.1. The molecule has 2 fully saturated rings. The van der Waals surface area contributed by atoms with Crippen LogP contribution in [0.5, 0.6) is 11.5 Å². The fourth-order valence-electron chi connectivity index (χ4n) is 4.03. The van der Waals surface area contributed by atoms with Gasteiger partial charge in [-0.2, -0.15) is 0 Å². The Hall–Kier alpha value is -3.80. The zero-order valence-corrected chi connectivity index (χ0v) is 19.9. The SMILES string of the molecule is COc1cc(C(=O)N(Cc2ccc(C(=O)NC3CC3)cc2)C2CC2)ccc1OCc1ccccc1. The monoisotopic (exact) mass is 470 g/mol. The highest BCUT2D eigenvalue weighted by molar-refractivity contribution is 5.96. The molecule has 2 amide bonds. The van der Waals surface area contributed by atoms with Crippen LogP contribution in [0, 0.1) is 0 Å². The van der Waals surface area contributed by atoms with Gasteiger partial charge in [0.25, 0.3) is 11.8 Å². The van der Waals surface area contributed by atoms with Gasteiger partial charge in [-0.15, -0.1) is 0 Å². The highest BCUT2D eigenvalue weighted by atomic mass is 16.5. The van der Waals surface area contributed by atoms with Crippen molar-refractivity contribution in [2.24, 2.45) is 0 Å². The maximum atomic E-state index is 13.5. The standard InChI is InChI=1S/C29H30N2O4/c1-34-27-17-23(11-16-26(27)35-19-21-5-3-2-4-6-21)29(33)31(25-14-15-25)18-20-7-9-22(10-8-20)28(32)30-24-12-13-24/h2-11,16-17,24-25H,12-15,18-19H2,1H3,(H,30,32). The third-order valence-corrected chi connectivity index (χ3v) is 6.38. The van der Waals surface area contributed by atoms with Crippen LogP contribution in [0.25, 0.3) is 0 Å². The third-order valence-electron chi connectivity index (χ3n) is 6.38. The van der Waals surface area contributed by atoms with Crippen molar-refractivity contribution < 1.29 is 19.1 Å². The first kappa shape index (κ1) is 23.0. The average molecular weight is 471 g/mol. The predicted octanol–water partition coefficient (Wildman–Crippen LogP) is 4.97. The molecule has 0 unspecified atom stereocenters. The van der Waals surface area contributed by atoms with Gasteiger partial charge in [-0.25, -0.2) is 0 Å². The molecule has 6 heteroatoms. The first-order valence-corrected chi connectivity index (χ1v) is 12.2. The molecule has 1 N–H and O–H groups in total. The molecule has 180 valence electrons. The van der Waals surface area contributed by atoms with E-state index in [0.29, 0.717) is 41.8 Å². The summed E-state index contributed by atoms with van der Waals surface area (Å²) in [6, 6.07) is 23.4. The van der Waals surface area contributed by atoms with Crippen LogP contribution < -0.4 is 14.8 Å². The molecule has 2 aliphatic rings. The molecule has 0 aromatic heterocycles. The van der Waals surface area contributed by atoms with Crippen molar-refractivity contribution >= 4 is 11.8 Å². The van der Waals surface area contributed by atoms with E-state index in [1.54, 1.807) is 25.3 Å². The Bertz CT molecular complexity index is 1190. The lowest BCUT2D eigenvalue weighted by Gasteiger charge is -2.23. The summed E-state index contributed by atoms with van der Waals surface area (Å²) < 4.78 is 11.5. The van der Waals surface area contributed by atoms with Crippen molar-refractivity contribution in [1.82, 2.24) is 10.2 Å². The van der Waals surface area contributed by atoms with E-state index >= 15 is 0 Å². The minimum Gasteiger partial charge on any atom is -0.493 e. The van der Waals surface area contributed by atoms with E-state index in [1.165, 1.54) is 0 Å². The number of benzene rings is 3. The van der Waals surface area contributed by atoms with Gasteiger partial charge in [0.2, 0.25) is 0 Å². The Labute approximate surface area is 205 Å². The Kier molecular flexibility index (Phi) is 6.70. The molecule has 2 saturated carbocycles. The maximum absolute atomic E-state index is 13.5. The van der Waals surface area contributed by atoms with Crippen molar-refractivity contribution in [3.8, 4) is 11.5 Å². The largest absolute Gasteiger partial charge is 0.493 e. The van der Waals surface area contributed by atoms with E-state index in [-0.39, 0.29) is 17.9 Å². The summed E-state index contributed by atoms with van der Waals surface area (Å²) in [5.41, 5.74) is 3.29. The molecule has 0 atom stereocenters. The first-order valence-electron chi connectivity index (χ1n) is 12.2. The van der Waals surface area contributed by atoms with Crippen LogP contribution in [0.3, 0.4) is 0 Å². The molecule has 3 aromatic carbocycles. The van der Waals surface area contributed by atoms with E-state index in [0.717, 1.165) is 36.8 Å². The molecule has 0 saturated heterocycles. The molecule has 0 spiro atoms. The van der Waals surface area contributed by atoms with Crippen LogP contribution in [-0.4, -0.2) is 35.9 Å². The van der Waals surface area contributed by atoms with E-state index < -0.39 is 0 Å². The fourth-order valence-corrected chi connectivity index (χ4v) is 4.03. The molecule has 3 aromatic rings. The topological polar surface area (TPSA) is 67.9 Å². The van der Waals surface area contributed by atoms with Crippen molar-refractivity contribution in [2.45, 2.75) is 50.9 Å². The third kappa shape index (κ3) is 5.83. The molecule has 2 aliphatic carbocycles. The number of amides is 2. The van der Waals surface area contributed by atoms with Gasteiger partial charge < -0.3 is 19.7 Å². The lowest BCUT2D eigenvalue weighted by atomic mass is 10.1. The van der Waals surface area contributed by atoms with E-state index in [9.17, 15) is 9.59 Å². The van der Waals surface area contributed by atoms with Crippen LogP contribution in [-0.2, 0) is 13.2 Å². The molecular weight excluding hydrogens is 440 g/mol. The number of methoxy groups -OCH3 is 1. The number of nitrogens with zero attached hydrogens (tertiary/aromatic N) is 1. The highest BCUT2D eigenvalue weighted by Gasteiger charge is 2.33. The minimum atomic E-state index is -0.0316. The van der Waals surface area contributed by atoms with Gasteiger partial charge in [0.1, 0.15) is 6.61 Å². The number of carbonyl (C=O) groups excluding carboxylic acids is 2. The predicted molar refractivity (Wildman–Crippen MR) is 134 cm³/mol. The summed E-state index contributed by atoms with van der Waals surface area (Å²) >= 11 is 0. The van der Waals surface area contributed by atoms with Crippen molar-refractivity contribution in [2.75, 3.05) is 7.11 Å². The van der Waals surface area contributed by atoms with Crippen molar-refractivity contribution in [1.29, 1.82) is 0 Å². The van der Waals surface area contributed by atoms with Gasteiger partial charge >= 0.3 is 0 Å². The molecule has 35 heavy (non-hydrogen) atoms. The Balaban J connectivity index is 1.26. The summed E-state index contributed by atoms with van der Waals surface area (Å²) in [6.45, 7) is 0.927. The number of rotatable bonds is 10. The van der Waals surface area contributed by atoms with Crippen LogP contribution in [0.1, 0.15) is 57.5 Å². The highest BCUT2D eigenvalue weighted by Crippen LogP contribution is 2.33. The number of hydrogen-bond acceptors (Lipinski definition) is 4. The van der Waals surface area contributed by atoms with Gasteiger partial charge in [-0.05, 0) is 67.1 Å². The zero-order valence-electron chi connectivity index (χ0n) is 19.9. The Morgan fingerprint density at radius 3 is 2.23 bits per heavy atom. The number of hydrogen-bond donors (Lipinski definition) is 1. The molecular formula is C29H30N2O4. The summed E-state index contributed by atoms with van der Waals surface area (Å²) in [5.74, 6) is 1.08. The number of nitrogens with one attached hydrogen (secondary N) is 1. The van der Waals surface area contributed by atoms with E-state index in [2.05, 4.69) is 5.32 Å². The Morgan fingerprint density at radius 1 is 0.857 bits per heavy atom. The second-order valence-corrected chi connectivity index (χ2v) is 9.25. The molecule has 5 rings (SSSR count). The zero-order chi connectivity index (χ0) is 24.2. The molecule has 0 radical (unpaired) electrons. The molecule has 6 nitrogen and oxygen atoms in total. The summed E-state index contributed by atoms with van der Waals surface area (Å²) in [5, 5.41) is 3.01. The van der Waals surface area contributed by atoms with Crippen molar-refractivity contribution in [3.05, 3.63) is 95.1 Å². The summed E-state index contributed by atoms with van der Waals surface area (Å²) in [7, 11) is 1.58. The quantitative estimate of drug-likeness (QED) is 0.454. The summed E-state index contributed by atoms with van der Waals surface area (Å²) in [6.07, 6.45) is 4.13. The smallest absolute Gasteiger partial charge is 0.254 e. The van der Waals surface area contributed by atoms with E-state index in [1.807, 2.05) is 59.5 Å². The average Bonchev–Trinajstić information content (AvgIpc) is 3.82. The molecule has 0 bridgehead atoms. The normalized spacial score (nSPS) is 14.8. The van der Waals surface area contributed by atoms with Crippen LogP contribution in [0.15, 0.2) is 72.8 Å². The van der Waals surface area contributed by atoms with Gasteiger partial charge in [0, 0.05) is 29.8 Å².